The molecule has 5 nitrogen and oxygen atoms in total. The van der Waals surface area contributed by atoms with Crippen LogP contribution in [0.2, 0.25) is 0 Å². The predicted molar refractivity (Wildman–Crippen MR) is 68.9 cm³/mol. The van der Waals surface area contributed by atoms with Gasteiger partial charge in [-0.05, 0) is 18.6 Å². The second-order valence-corrected chi connectivity index (χ2v) is 4.35. The molecule has 1 rings (SSSR count). The van der Waals surface area contributed by atoms with Crippen molar-refractivity contribution in [3.8, 4) is 0 Å². The molecule has 3 N–H and O–H groups in total. The number of carbonyl (C=O) groups excluding carboxylic acids is 1. The van der Waals surface area contributed by atoms with Gasteiger partial charge < -0.3 is 15.8 Å². The second-order valence-electron chi connectivity index (χ2n) is 3.38. The Morgan fingerprint density at radius 3 is 3.18 bits per heavy atom. The highest BCUT2D eigenvalue weighted by Crippen LogP contribution is 2.20. The lowest BCUT2D eigenvalue weighted by atomic mass is 10.4. The molecule has 6 heteroatoms. The zero-order valence-electron chi connectivity index (χ0n) is 9.81. The SMILES string of the molecule is COCCCNC(=O)CSc1ncccc1N. The predicted octanol–water partition coefficient (Wildman–Crippen LogP) is 0.909. The highest BCUT2D eigenvalue weighted by atomic mass is 32.2. The van der Waals surface area contributed by atoms with E-state index in [1.165, 1.54) is 11.8 Å². The number of nitrogens with one attached hydrogen (secondary N) is 1. The number of amides is 1. The van der Waals surface area contributed by atoms with Crippen LogP contribution in [0.5, 0.6) is 0 Å². The van der Waals surface area contributed by atoms with E-state index in [0.717, 1.165) is 6.42 Å². The van der Waals surface area contributed by atoms with Gasteiger partial charge >= 0.3 is 0 Å². The van der Waals surface area contributed by atoms with Crippen molar-refractivity contribution in [1.82, 2.24) is 10.3 Å². The minimum Gasteiger partial charge on any atom is -0.397 e. The molecule has 0 aromatic carbocycles. The van der Waals surface area contributed by atoms with Crippen molar-refractivity contribution in [3.63, 3.8) is 0 Å². The smallest absolute Gasteiger partial charge is 0.230 e. The Kier molecular flexibility index (Phi) is 6.42. The second kappa shape index (κ2) is 7.92. The minimum absolute atomic E-state index is 0.0174. The number of nitrogen functional groups attached to an aromatic ring is 1. The Bertz CT molecular complexity index is 360. The monoisotopic (exact) mass is 255 g/mol. The molecule has 1 amide bonds. The van der Waals surface area contributed by atoms with Crippen LogP contribution >= 0.6 is 11.8 Å². The molecule has 0 saturated carbocycles. The standard InChI is InChI=1S/C11H17N3O2S/c1-16-7-3-6-13-10(15)8-17-11-9(12)4-2-5-14-11/h2,4-5H,3,6-8,12H2,1H3,(H,13,15). The summed E-state index contributed by atoms with van der Waals surface area (Å²) in [6.07, 6.45) is 2.48. The first-order chi connectivity index (χ1) is 8.24. The van der Waals surface area contributed by atoms with Gasteiger partial charge in [-0.25, -0.2) is 4.98 Å². The van der Waals surface area contributed by atoms with Gasteiger partial charge in [-0.15, -0.1) is 0 Å². The van der Waals surface area contributed by atoms with E-state index in [1.807, 2.05) is 0 Å². The van der Waals surface area contributed by atoms with E-state index >= 15 is 0 Å². The largest absolute Gasteiger partial charge is 0.397 e. The number of carbonyl (C=O) groups is 1. The van der Waals surface area contributed by atoms with Crippen LogP contribution < -0.4 is 11.1 Å². The number of ether oxygens (including phenoxy) is 1. The van der Waals surface area contributed by atoms with E-state index in [9.17, 15) is 4.79 Å². The highest BCUT2D eigenvalue weighted by Gasteiger charge is 2.05. The molecule has 17 heavy (non-hydrogen) atoms. The number of anilines is 1. The molecule has 0 atom stereocenters. The molecular formula is C11H17N3O2S. The Labute approximate surface area is 105 Å². The van der Waals surface area contributed by atoms with Crippen LogP contribution in [-0.2, 0) is 9.53 Å². The number of hydrogen-bond acceptors (Lipinski definition) is 5. The third-order valence-corrected chi connectivity index (χ3v) is 3.01. The van der Waals surface area contributed by atoms with E-state index in [1.54, 1.807) is 25.4 Å². The maximum Gasteiger partial charge on any atom is 0.230 e. The van der Waals surface area contributed by atoms with Gasteiger partial charge in [0.25, 0.3) is 0 Å². The first-order valence-corrected chi connectivity index (χ1v) is 6.31. The van der Waals surface area contributed by atoms with Crippen LogP contribution in [0, 0.1) is 0 Å². The summed E-state index contributed by atoms with van der Waals surface area (Å²) in [5.41, 5.74) is 6.32. The third kappa shape index (κ3) is 5.55. The summed E-state index contributed by atoms with van der Waals surface area (Å²) < 4.78 is 4.89. The average Bonchev–Trinajstić information content (AvgIpc) is 2.34. The molecule has 0 bridgehead atoms. The third-order valence-electron chi connectivity index (χ3n) is 1.99. The fraction of sp³-hybridized carbons (Fsp3) is 0.455. The number of nitrogens with two attached hydrogens (primary N) is 1. The van der Waals surface area contributed by atoms with Crippen LogP contribution in [0.15, 0.2) is 23.4 Å². The summed E-state index contributed by atoms with van der Waals surface area (Å²) in [4.78, 5) is 15.5. The lowest BCUT2D eigenvalue weighted by Gasteiger charge is -2.05. The van der Waals surface area contributed by atoms with Gasteiger partial charge in [0.1, 0.15) is 5.03 Å². The van der Waals surface area contributed by atoms with E-state index in [-0.39, 0.29) is 5.91 Å². The molecule has 94 valence electrons. The number of methoxy groups -OCH3 is 1. The Hall–Kier alpha value is -1.27. The van der Waals surface area contributed by atoms with Crippen molar-refractivity contribution >= 4 is 23.4 Å². The number of aromatic nitrogens is 1. The molecule has 0 fully saturated rings. The van der Waals surface area contributed by atoms with Crippen LogP contribution in [0.1, 0.15) is 6.42 Å². The highest BCUT2D eigenvalue weighted by molar-refractivity contribution is 8.00. The summed E-state index contributed by atoms with van der Waals surface area (Å²) in [6.45, 7) is 1.28. The summed E-state index contributed by atoms with van der Waals surface area (Å²) in [5, 5.41) is 3.49. The van der Waals surface area contributed by atoms with Crippen LogP contribution in [0.4, 0.5) is 5.69 Å². The van der Waals surface area contributed by atoms with Gasteiger partial charge in [0.2, 0.25) is 5.91 Å². The van der Waals surface area contributed by atoms with Crippen molar-refractivity contribution < 1.29 is 9.53 Å². The molecule has 0 saturated heterocycles. The number of rotatable bonds is 7. The summed E-state index contributed by atoms with van der Waals surface area (Å²) >= 11 is 1.34. The fourth-order valence-electron chi connectivity index (χ4n) is 1.15. The van der Waals surface area contributed by atoms with E-state index in [2.05, 4.69) is 10.3 Å². The van der Waals surface area contributed by atoms with Gasteiger partial charge in [0.15, 0.2) is 0 Å². The summed E-state index contributed by atoms with van der Waals surface area (Å²) in [7, 11) is 1.64. The molecular weight excluding hydrogens is 238 g/mol. The maximum absolute atomic E-state index is 11.4. The first kappa shape index (κ1) is 13.8. The molecule has 0 aliphatic carbocycles. The van der Waals surface area contributed by atoms with E-state index < -0.39 is 0 Å². The normalized spacial score (nSPS) is 10.2. The van der Waals surface area contributed by atoms with Crippen molar-refractivity contribution in [2.24, 2.45) is 0 Å². The van der Waals surface area contributed by atoms with Gasteiger partial charge in [-0.1, -0.05) is 11.8 Å². The minimum atomic E-state index is -0.0174. The number of nitrogens with zero attached hydrogens (tertiary/aromatic N) is 1. The molecule has 0 spiro atoms. The fourth-order valence-corrected chi connectivity index (χ4v) is 1.89. The van der Waals surface area contributed by atoms with Gasteiger partial charge in [-0.3, -0.25) is 4.79 Å². The van der Waals surface area contributed by atoms with Gasteiger partial charge in [0, 0.05) is 26.5 Å². The molecule has 0 aliphatic rings. The average molecular weight is 255 g/mol. The van der Waals surface area contributed by atoms with E-state index in [0.29, 0.717) is 29.6 Å². The Balaban J connectivity index is 2.22. The lowest BCUT2D eigenvalue weighted by molar-refractivity contribution is -0.118. The summed E-state index contributed by atoms with van der Waals surface area (Å²) in [6, 6.07) is 3.54. The Morgan fingerprint density at radius 1 is 1.65 bits per heavy atom. The number of thioether (sulfide) groups is 1. The zero-order chi connectivity index (χ0) is 12.5. The summed E-state index contributed by atoms with van der Waals surface area (Å²) in [5.74, 6) is 0.310. The molecule has 0 unspecified atom stereocenters. The lowest BCUT2D eigenvalue weighted by Crippen LogP contribution is -2.26. The van der Waals surface area contributed by atoms with Crippen molar-refractivity contribution in [2.45, 2.75) is 11.4 Å². The topological polar surface area (TPSA) is 77.2 Å². The van der Waals surface area contributed by atoms with Crippen molar-refractivity contribution in [3.05, 3.63) is 18.3 Å². The van der Waals surface area contributed by atoms with Gasteiger partial charge in [-0.2, -0.15) is 0 Å². The Morgan fingerprint density at radius 2 is 2.47 bits per heavy atom. The molecule has 0 aliphatic heterocycles. The van der Waals surface area contributed by atoms with Crippen molar-refractivity contribution in [1.29, 1.82) is 0 Å². The molecule has 0 radical (unpaired) electrons. The number of hydrogen-bond donors (Lipinski definition) is 2. The molecule has 1 aromatic heterocycles. The zero-order valence-corrected chi connectivity index (χ0v) is 10.6. The van der Waals surface area contributed by atoms with Crippen LogP contribution in [0.25, 0.3) is 0 Å². The van der Waals surface area contributed by atoms with Crippen LogP contribution in [-0.4, -0.2) is 36.9 Å². The quantitative estimate of drug-likeness (QED) is 0.559. The van der Waals surface area contributed by atoms with Crippen LogP contribution in [0.3, 0.4) is 0 Å². The molecule has 1 aromatic rings. The van der Waals surface area contributed by atoms with Gasteiger partial charge in [0.05, 0.1) is 11.4 Å². The molecule has 1 heterocycles. The maximum atomic E-state index is 11.4. The first-order valence-electron chi connectivity index (χ1n) is 5.33. The van der Waals surface area contributed by atoms with Crippen molar-refractivity contribution in [2.75, 3.05) is 31.7 Å². The number of pyridine rings is 1. The van der Waals surface area contributed by atoms with E-state index in [4.69, 9.17) is 10.5 Å².